The Labute approximate surface area is 130 Å². The third-order valence-electron chi connectivity index (χ3n) is 3.47. The van der Waals surface area contributed by atoms with E-state index in [0.717, 1.165) is 22.6 Å². The molecule has 0 aliphatic heterocycles. The molecule has 0 fully saturated rings. The van der Waals surface area contributed by atoms with Crippen molar-refractivity contribution in [2.45, 2.75) is 19.6 Å². The Morgan fingerprint density at radius 3 is 2.57 bits per heavy atom. The molecule has 2 rings (SSSR count). The van der Waals surface area contributed by atoms with Gasteiger partial charge >= 0.3 is 0 Å². The zero-order valence-corrected chi connectivity index (χ0v) is 13.3. The summed E-state index contributed by atoms with van der Waals surface area (Å²) in [6.45, 7) is 2.42. The van der Waals surface area contributed by atoms with Gasteiger partial charge in [-0.05, 0) is 30.7 Å². The van der Waals surface area contributed by atoms with Crippen molar-refractivity contribution in [2.75, 3.05) is 19.1 Å². The summed E-state index contributed by atoms with van der Waals surface area (Å²) in [5.41, 5.74) is 2.83. The monoisotopic (exact) mass is 305 g/mol. The third-order valence-corrected chi connectivity index (χ3v) is 3.77. The zero-order valence-electron chi connectivity index (χ0n) is 12.5. The van der Waals surface area contributed by atoms with Crippen LogP contribution in [-0.4, -0.2) is 19.3 Å². The number of hydrogen-bond donors (Lipinski definition) is 1. The molecular formula is C17H20ClNO2. The maximum absolute atomic E-state index is 9.59. The molecule has 1 N–H and O–H groups in total. The molecule has 0 aromatic heterocycles. The lowest BCUT2D eigenvalue weighted by atomic mass is 10.1. The highest BCUT2D eigenvalue weighted by Gasteiger charge is 2.11. The van der Waals surface area contributed by atoms with Crippen LogP contribution in [0.25, 0.3) is 0 Å². The van der Waals surface area contributed by atoms with Crippen LogP contribution in [0.4, 0.5) is 5.69 Å². The first-order chi connectivity index (χ1) is 10.0. The van der Waals surface area contributed by atoms with Crippen LogP contribution < -0.4 is 9.64 Å². The molecule has 0 heterocycles. The summed E-state index contributed by atoms with van der Waals surface area (Å²) in [6.07, 6.45) is -0.518. The molecule has 0 radical (unpaired) electrons. The molecule has 0 saturated carbocycles. The number of hydrogen-bond acceptors (Lipinski definition) is 3. The van der Waals surface area contributed by atoms with Crippen LogP contribution in [-0.2, 0) is 6.54 Å². The van der Waals surface area contributed by atoms with E-state index in [1.165, 1.54) is 0 Å². The van der Waals surface area contributed by atoms with E-state index >= 15 is 0 Å². The first-order valence-electron chi connectivity index (χ1n) is 6.83. The van der Waals surface area contributed by atoms with Crippen molar-refractivity contribution in [2.24, 2.45) is 0 Å². The first kappa shape index (κ1) is 15.7. The lowest BCUT2D eigenvalue weighted by molar-refractivity contribution is 0.199. The van der Waals surface area contributed by atoms with Gasteiger partial charge in [-0.1, -0.05) is 35.9 Å². The summed E-state index contributed by atoms with van der Waals surface area (Å²) in [5.74, 6) is 0.862. The van der Waals surface area contributed by atoms with Crippen molar-refractivity contribution >= 4 is 17.3 Å². The molecule has 1 unspecified atom stereocenters. The second kappa shape index (κ2) is 6.83. The van der Waals surface area contributed by atoms with Crippen LogP contribution in [0.5, 0.6) is 5.75 Å². The molecule has 0 aliphatic carbocycles. The number of nitrogens with zero attached hydrogens (tertiary/aromatic N) is 1. The van der Waals surface area contributed by atoms with Crippen LogP contribution in [0.3, 0.4) is 0 Å². The van der Waals surface area contributed by atoms with Gasteiger partial charge < -0.3 is 14.7 Å². The lowest BCUT2D eigenvalue weighted by Crippen LogP contribution is -2.17. The molecule has 2 aromatic rings. The SMILES string of the molecule is COc1ccccc1CN(C)c1ccc(C(C)O)cc1Cl. The Morgan fingerprint density at radius 1 is 1.24 bits per heavy atom. The van der Waals surface area contributed by atoms with E-state index < -0.39 is 6.10 Å². The topological polar surface area (TPSA) is 32.7 Å². The molecule has 0 amide bonds. The fourth-order valence-electron chi connectivity index (χ4n) is 2.27. The van der Waals surface area contributed by atoms with E-state index in [4.69, 9.17) is 16.3 Å². The molecule has 112 valence electrons. The van der Waals surface area contributed by atoms with Crippen molar-refractivity contribution in [3.05, 3.63) is 58.6 Å². The Morgan fingerprint density at radius 2 is 1.95 bits per heavy atom. The van der Waals surface area contributed by atoms with Gasteiger partial charge in [0.25, 0.3) is 0 Å². The number of aliphatic hydroxyl groups excluding tert-OH is 1. The van der Waals surface area contributed by atoms with E-state index in [-0.39, 0.29) is 0 Å². The van der Waals surface area contributed by atoms with Gasteiger partial charge in [0.05, 0.1) is 23.9 Å². The van der Waals surface area contributed by atoms with E-state index in [9.17, 15) is 5.11 Å². The predicted molar refractivity (Wildman–Crippen MR) is 87.2 cm³/mol. The molecular weight excluding hydrogens is 286 g/mol. The van der Waals surface area contributed by atoms with E-state index in [1.54, 1.807) is 20.1 Å². The smallest absolute Gasteiger partial charge is 0.123 e. The number of halogens is 1. The summed E-state index contributed by atoms with van der Waals surface area (Å²) in [5, 5.41) is 10.2. The molecule has 1 atom stereocenters. The Hall–Kier alpha value is -1.71. The highest BCUT2D eigenvalue weighted by atomic mass is 35.5. The number of methoxy groups -OCH3 is 1. The Balaban J connectivity index is 2.22. The number of anilines is 1. The fraction of sp³-hybridized carbons (Fsp3) is 0.294. The molecule has 0 bridgehead atoms. The normalized spacial score (nSPS) is 12.0. The predicted octanol–water partition coefficient (Wildman–Crippen LogP) is 4.04. The van der Waals surface area contributed by atoms with Gasteiger partial charge in [0, 0.05) is 19.2 Å². The minimum absolute atomic E-state index is 0.518. The first-order valence-corrected chi connectivity index (χ1v) is 7.21. The summed E-state index contributed by atoms with van der Waals surface area (Å²) in [6, 6.07) is 13.6. The molecule has 0 aliphatic rings. The molecule has 4 heteroatoms. The van der Waals surface area contributed by atoms with E-state index in [2.05, 4.69) is 4.90 Å². The number of aliphatic hydroxyl groups is 1. The second-order valence-corrected chi connectivity index (χ2v) is 5.46. The second-order valence-electron chi connectivity index (χ2n) is 5.05. The summed E-state index contributed by atoms with van der Waals surface area (Å²) >= 11 is 6.32. The van der Waals surface area contributed by atoms with E-state index in [1.807, 2.05) is 43.4 Å². The quantitative estimate of drug-likeness (QED) is 0.905. The number of rotatable bonds is 5. The summed E-state index contributed by atoms with van der Waals surface area (Å²) < 4.78 is 5.37. The van der Waals surface area contributed by atoms with Gasteiger partial charge in [0.1, 0.15) is 5.75 Å². The fourth-order valence-corrected chi connectivity index (χ4v) is 2.60. The summed E-state index contributed by atoms with van der Waals surface area (Å²) in [7, 11) is 3.65. The maximum Gasteiger partial charge on any atom is 0.123 e. The average molecular weight is 306 g/mol. The molecule has 3 nitrogen and oxygen atoms in total. The Kier molecular flexibility index (Phi) is 5.10. The molecule has 21 heavy (non-hydrogen) atoms. The molecule has 0 saturated heterocycles. The molecule has 2 aromatic carbocycles. The van der Waals surface area contributed by atoms with Crippen LogP contribution >= 0.6 is 11.6 Å². The van der Waals surface area contributed by atoms with Gasteiger partial charge in [-0.25, -0.2) is 0 Å². The van der Waals surface area contributed by atoms with Crippen molar-refractivity contribution < 1.29 is 9.84 Å². The van der Waals surface area contributed by atoms with Crippen LogP contribution in [0, 0.1) is 0 Å². The van der Waals surface area contributed by atoms with E-state index in [0.29, 0.717) is 11.6 Å². The average Bonchev–Trinajstić information content (AvgIpc) is 2.47. The Bertz CT molecular complexity index is 613. The van der Waals surface area contributed by atoms with Crippen LogP contribution in [0.1, 0.15) is 24.2 Å². The zero-order chi connectivity index (χ0) is 15.4. The van der Waals surface area contributed by atoms with Crippen molar-refractivity contribution in [3.63, 3.8) is 0 Å². The van der Waals surface area contributed by atoms with Crippen molar-refractivity contribution in [1.29, 1.82) is 0 Å². The van der Waals surface area contributed by atoms with Gasteiger partial charge in [0.2, 0.25) is 0 Å². The number of ether oxygens (including phenoxy) is 1. The van der Waals surface area contributed by atoms with Crippen LogP contribution in [0.15, 0.2) is 42.5 Å². The minimum Gasteiger partial charge on any atom is -0.496 e. The lowest BCUT2D eigenvalue weighted by Gasteiger charge is -2.22. The van der Waals surface area contributed by atoms with Gasteiger partial charge in [-0.3, -0.25) is 0 Å². The highest BCUT2D eigenvalue weighted by Crippen LogP contribution is 2.30. The maximum atomic E-state index is 9.59. The van der Waals surface area contributed by atoms with Gasteiger partial charge in [0.15, 0.2) is 0 Å². The third kappa shape index (κ3) is 3.69. The molecule has 0 spiro atoms. The highest BCUT2D eigenvalue weighted by molar-refractivity contribution is 6.33. The standard InChI is InChI=1S/C17H20ClNO2/c1-12(20)13-8-9-16(15(18)10-13)19(2)11-14-6-4-5-7-17(14)21-3/h4-10,12,20H,11H2,1-3H3. The van der Waals surface area contributed by atoms with Crippen molar-refractivity contribution in [3.8, 4) is 5.75 Å². The van der Waals surface area contributed by atoms with Gasteiger partial charge in [-0.15, -0.1) is 0 Å². The number of para-hydroxylation sites is 1. The minimum atomic E-state index is -0.518. The number of benzene rings is 2. The van der Waals surface area contributed by atoms with Gasteiger partial charge in [-0.2, -0.15) is 0 Å². The van der Waals surface area contributed by atoms with Crippen molar-refractivity contribution in [1.82, 2.24) is 0 Å². The van der Waals surface area contributed by atoms with Crippen LogP contribution in [0.2, 0.25) is 5.02 Å². The largest absolute Gasteiger partial charge is 0.496 e. The summed E-state index contributed by atoms with van der Waals surface area (Å²) in [4.78, 5) is 2.06.